The second kappa shape index (κ2) is 5.31. The van der Waals surface area contributed by atoms with Crippen LogP contribution in [0.5, 0.6) is 0 Å². The first-order chi connectivity index (χ1) is 8.15. The molecule has 0 spiro atoms. The van der Waals surface area contributed by atoms with E-state index < -0.39 is 0 Å². The Labute approximate surface area is 104 Å². The molecule has 0 radical (unpaired) electrons. The Balaban J connectivity index is 3.97. The number of rotatable bonds is 5. The van der Waals surface area contributed by atoms with Crippen LogP contribution in [-0.2, 0) is 0 Å². The second-order valence-electron chi connectivity index (χ2n) is 3.71. The van der Waals surface area contributed by atoms with Crippen LogP contribution in [-0.4, -0.2) is 0 Å². The smallest absolute Gasteiger partial charge is 0.0106 e. The van der Waals surface area contributed by atoms with Gasteiger partial charge in [0.15, 0.2) is 0 Å². The lowest BCUT2D eigenvalue weighted by Crippen LogP contribution is -1.99. The van der Waals surface area contributed by atoms with Gasteiger partial charge in [-0.25, -0.2) is 0 Å². The fourth-order valence-corrected chi connectivity index (χ4v) is 2.17. The van der Waals surface area contributed by atoms with Crippen LogP contribution in [0.1, 0.15) is 33.4 Å². The van der Waals surface area contributed by atoms with Crippen LogP contribution >= 0.6 is 0 Å². The van der Waals surface area contributed by atoms with Gasteiger partial charge in [0.05, 0.1) is 0 Å². The van der Waals surface area contributed by atoms with Crippen molar-refractivity contribution in [2.24, 2.45) is 0 Å². The van der Waals surface area contributed by atoms with E-state index in [1.807, 2.05) is 30.4 Å². The average Bonchev–Trinajstić information content (AvgIpc) is 2.36. The highest BCUT2D eigenvalue weighted by Gasteiger charge is 2.13. The van der Waals surface area contributed by atoms with Gasteiger partial charge in [-0.2, -0.15) is 0 Å². The zero-order chi connectivity index (χ0) is 13.0. The summed E-state index contributed by atoms with van der Waals surface area (Å²) in [6, 6.07) is 0. The molecule has 1 rings (SSSR count). The van der Waals surface area contributed by atoms with Crippen molar-refractivity contribution in [3.05, 3.63) is 66.3 Å². The first kappa shape index (κ1) is 13.0. The van der Waals surface area contributed by atoms with Gasteiger partial charge >= 0.3 is 0 Å². The zero-order valence-electron chi connectivity index (χ0n) is 10.4. The van der Waals surface area contributed by atoms with Gasteiger partial charge in [0, 0.05) is 0 Å². The maximum absolute atomic E-state index is 3.86. The topological polar surface area (TPSA) is 0 Å². The molecule has 86 valence electrons. The van der Waals surface area contributed by atoms with E-state index in [1.54, 1.807) is 0 Å². The van der Waals surface area contributed by atoms with Crippen LogP contribution in [0.4, 0.5) is 0 Å². The van der Waals surface area contributed by atoms with Gasteiger partial charge in [0.1, 0.15) is 0 Å². The predicted octanol–water partition coefficient (Wildman–Crippen LogP) is 5.21. The van der Waals surface area contributed by atoms with Gasteiger partial charge in [-0.15, -0.1) is 0 Å². The lowest BCUT2D eigenvalue weighted by Gasteiger charge is -2.17. The predicted molar refractivity (Wildman–Crippen MR) is 81.6 cm³/mol. The zero-order valence-corrected chi connectivity index (χ0v) is 10.4. The van der Waals surface area contributed by atoms with Crippen LogP contribution in [0, 0.1) is 6.92 Å². The summed E-state index contributed by atoms with van der Waals surface area (Å²) in [5.41, 5.74) is 6.43. The summed E-state index contributed by atoms with van der Waals surface area (Å²) in [6.45, 7) is 21.4. The highest BCUT2D eigenvalue weighted by atomic mass is 14.2. The van der Waals surface area contributed by atoms with Crippen LogP contribution < -0.4 is 0 Å². The van der Waals surface area contributed by atoms with E-state index in [0.717, 1.165) is 33.4 Å². The molecule has 0 saturated carbocycles. The van der Waals surface area contributed by atoms with Gasteiger partial charge < -0.3 is 0 Å². The van der Waals surface area contributed by atoms with Crippen molar-refractivity contribution in [3.8, 4) is 0 Å². The quantitative estimate of drug-likeness (QED) is 0.641. The summed E-state index contributed by atoms with van der Waals surface area (Å²) in [5.74, 6) is 0. The minimum atomic E-state index is 1.03. The van der Waals surface area contributed by atoms with Gasteiger partial charge in [0.2, 0.25) is 0 Å². The fourth-order valence-electron chi connectivity index (χ4n) is 2.17. The van der Waals surface area contributed by atoms with Crippen molar-refractivity contribution in [1.82, 2.24) is 0 Å². The Kier molecular flexibility index (Phi) is 4.06. The lowest BCUT2D eigenvalue weighted by molar-refractivity contribution is 1.38. The van der Waals surface area contributed by atoms with Crippen molar-refractivity contribution in [2.75, 3.05) is 0 Å². The third-order valence-electron chi connectivity index (χ3n) is 2.99. The Morgan fingerprint density at radius 2 is 0.765 bits per heavy atom. The molecule has 17 heavy (non-hydrogen) atoms. The molecule has 0 N–H and O–H groups in total. The first-order valence-electron chi connectivity index (χ1n) is 5.48. The molecular weight excluding hydrogens is 204 g/mol. The van der Waals surface area contributed by atoms with E-state index >= 15 is 0 Å². The highest BCUT2D eigenvalue weighted by Crippen LogP contribution is 2.32. The second-order valence-corrected chi connectivity index (χ2v) is 3.71. The normalized spacial score (nSPS) is 9.47. The average molecular weight is 222 g/mol. The molecule has 0 heteroatoms. The third kappa shape index (κ3) is 1.94. The molecule has 0 atom stereocenters. The summed E-state index contributed by atoms with van der Waals surface area (Å²) in [5, 5.41) is 0. The molecule has 0 aliphatic heterocycles. The van der Waals surface area contributed by atoms with Crippen LogP contribution in [0.15, 0.2) is 32.9 Å². The fraction of sp³-hybridized carbons (Fsp3) is 0.0588. The molecular formula is C17H18. The lowest BCUT2D eigenvalue weighted by atomic mass is 9.87. The standard InChI is InChI=1S/C17H18/c1-7-13-12(6)14(8-2)16(10-4)17(11-5)15(13)9-3/h7-11H,1-5H2,6H3. The summed E-state index contributed by atoms with van der Waals surface area (Å²) in [7, 11) is 0. The van der Waals surface area contributed by atoms with E-state index in [1.165, 1.54) is 0 Å². The number of hydrogen-bond acceptors (Lipinski definition) is 0. The summed E-state index contributed by atoms with van der Waals surface area (Å²) < 4.78 is 0. The maximum Gasteiger partial charge on any atom is -0.0106 e. The summed E-state index contributed by atoms with van der Waals surface area (Å²) in [4.78, 5) is 0. The van der Waals surface area contributed by atoms with Crippen LogP contribution in [0.3, 0.4) is 0 Å². The highest BCUT2D eigenvalue weighted by molar-refractivity contribution is 5.85. The van der Waals surface area contributed by atoms with Crippen molar-refractivity contribution < 1.29 is 0 Å². The Morgan fingerprint density at radius 1 is 0.529 bits per heavy atom. The van der Waals surface area contributed by atoms with E-state index in [4.69, 9.17) is 0 Å². The molecule has 0 fully saturated rings. The van der Waals surface area contributed by atoms with Crippen molar-refractivity contribution >= 4 is 30.4 Å². The first-order valence-corrected chi connectivity index (χ1v) is 5.48. The minimum Gasteiger partial charge on any atom is -0.0984 e. The molecule has 0 heterocycles. The van der Waals surface area contributed by atoms with Crippen molar-refractivity contribution in [2.45, 2.75) is 6.92 Å². The maximum atomic E-state index is 3.86. The molecule has 0 unspecified atom stereocenters. The molecule has 0 aliphatic carbocycles. The van der Waals surface area contributed by atoms with E-state index in [0.29, 0.717) is 0 Å². The van der Waals surface area contributed by atoms with E-state index in [9.17, 15) is 0 Å². The molecule has 1 aromatic rings. The Bertz CT molecular complexity index is 472. The van der Waals surface area contributed by atoms with E-state index in [-0.39, 0.29) is 0 Å². The van der Waals surface area contributed by atoms with Gasteiger partial charge in [0.25, 0.3) is 0 Å². The van der Waals surface area contributed by atoms with Crippen LogP contribution in [0.2, 0.25) is 0 Å². The van der Waals surface area contributed by atoms with Crippen LogP contribution in [0.25, 0.3) is 30.4 Å². The van der Waals surface area contributed by atoms with Gasteiger partial charge in [-0.1, -0.05) is 63.3 Å². The monoisotopic (exact) mass is 222 g/mol. The largest absolute Gasteiger partial charge is 0.0984 e. The molecule has 0 saturated heterocycles. The minimum absolute atomic E-state index is 1.03. The molecule has 0 aliphatic rings. The van der Waals surface area contributed by atoms with Crippen molar-refractivity contribution in [3.63, 3.8) is 0 Å². The Hall–Kier alpha value is -2.08. The van der Waals surface area contributed by atoms with Crippen molar-refractivity contribution in [1.29, 1.82) is 0 Å². The number of hydrogen-bond donors (Lipinski definition) is 0. The summed E-state index contributed by atoms with van der Waals surface area (Å²) >= 11 is 0. The molecule has 0 aromatic heterocycles. The Morgan fingerprint density at radius 3 is 1.00 bits per heavy atom. The van der Waals surface area contributed by atoms with Gasteiger partial charge in [-0.05, 0) is 40.3 Å². The summed E-state index contributed by atoms with van der Waals surface area (Å²) in [6.07, 6.45) is 9.19. The third-order valence-corrected chi connectivity index (χ3v) is 2.99. The molecule has 1 aromatic carbocycles. The molecule has 0 amide bonds. The molecule has 0 nitrogen and oxygen atoms in total. The molecule has 0 bridgehead atoms. The number of benzene rings is 1. The van der Waals surface area contributed by atoms with E-state index in [2.05, 4.69) is 39.8 Å². The SMILES string of the molecule is C=Cc1c(C)c(C=C)c(C=C)c(C=C)c1C=C. The van der Waals surface area contributed by atoms with Gasteiger partial charge in [-0.3, -0.25) is 0 Å².